The Balaban J connectivity index is 1.43. The Morgan fingerprint density at radius 3 is 2.78 bits per heavy atom. The van der Waals surface area contributed by atoms with Crippen molar-refractivity contribution >= 4 is 23.5 Å². The molecule has 0 aliphatic carbocycles. The number of nitrogens with one attached hydrogen (secondary N) is 1. The van der Waals surface area contributed by atoms with Crippen LogP contribution >= 0.6 is 11.6 Å². The number of ether oxygens (including phenoxy) is 4. The summed E-state index contributed by atoms with van der Waals surface area (Å²) in [7, 11) is 0. The Morgan fingerprint density at radius 2 is 1.96 bits per heavy atom. The molecule has 0 aromatic heterocycles. The van der Waals surface area contributed by atoms with Crippen molar-refractivity contribution in [1.29, 1.82) is 0 Å². The Hall–Kier alpha value is -2.93. The monoisotopic (exact) mass is 391 g/mol. The number of fused-ring (bicyclic) bond motifs is 1. The number of benzene rings is 2. The minimum atomic E-state index is -0.957. The van der Waals surface area contributed by atoms with E-state index >= 15 is 0 Å². The third-order valence-electron chi connectivity index (χ3n) is 3.76. The third kappa shape index (κ3) is 5.04. The van der Waals surface area contributed by atoms with E-state index in [1.54, 1.807) is 36.4 Å². The second-order valence-electron chi connectivity index (χ2n) is 5.76. The Labute approximate surface area is 161 Å². The van der Waals surface area contributed by atoms with E-state index < -0.39 is 18.0 Å². The zero-order chi connectivity index (χ0) is 19.2. The van der Waals surface area contributed by atoms with E-state index in [0.29, 0.717) is 22.3 Å². The van der Waals surface area contributed by atoms with Crippen molar-refractivity contribution in [1.82, 2.24) is 5.32 Å². The average molecular weight is 392 g/mol. The summed E-state index contributed by atoms with van der Waals surface area (Å²) in [5.41, 5.74) is 0.841. The van der Waals surface area contributed by atoms with Crippen molar-refractivity contribution < 1.29 is 28.5 Å². The first-order chi connectivity index (χ1) is 13.0. The van der Waals surface area contributed by atoms with Gasteiger partial charge < -0.3 is 24.3 Å². The summed E-state index contributed by atoms with van der Waals surface area (Å²) >= 11 is 5.94. The molecule has 8 heteroatoms. The van der Waals surface area contributed by atoms with Gasteiger partial charge in [-0.3, -0.25) is 4.79 Å². The number of hydrogen-bond donors (Lipinski definition) is 1. The van der Waals surface area contributed by atoms with Crippen molar-refractivity contribution in [2.75, 3.05) is 13.4 Å². The molecule has 1 heterocycles. The van der Waals surface area contributed by atoms with Gasteiger partial charge in [0.25, 0.3) is 5.91 Å². The highest BCUT2D eigenvalue weighted by Crippen LogP contribution is 2.32. The molecule has 0 saturated heterocycles. The maximum atomic E-state index is 12.1. The van der Waals surface area contributed by atoms with E-state index in [4.69, 9.17) is 30.5 Å². The summed E-state index contributed by atoms with van der Waals surface area (Å²) in [6.07, 6.45) is -0.957. The molecule has 2 aromatic rings. The lowest BCUT2D eigenvalue weighted by Crippen LogP contribution is -2.36. The molecule has 1 amide bonds. The van der Waals surface area contributed by atoms with Crippen LogP contribution in [0.1, 0.15) is 12.5 Å². The molecule has 1 aliphatic heterocycles. The van der Waals surface area contributed by atoms with Gasteiger partial charge in [-0.2, -0.15) is 0 Å². The van der Waals surface area contributed by atoms with Gasteiger partial charge in [-0.15, -0.1) is 0 Å². The van der Waals surface area contributed by atoms with Gasteiger partial charge in [0, 0.05) is 6.54 Å². The van der Waals surface area contributed by atoms with Crippen molar-refractivity contribution in [2.45, 2.75) is 19.6 Å². The Morgan fingerprint density at radius 1 is 1.19 bits per heavy atom. The molecule has 142 valence electrons. The molecule has 3 rings (SSSR count). The highest BCUT2D eigenvalue weighted by Gasteiger charge is 2.19. The molecule has 0 saturated carbocycles. The fourth-order valence-electron chi connectivity index (χ4n) is 2.37. The molecule has 0 unspecified atom stereocenters. The Bertz CT molecular complexity index is 841. The van der Waals surface area contributed by atoms with E-state index in [2.05, 4.69) is 5.32 Å². The summed E-state index contributed by atoms with van der Waals surface area (Å²) in [5.74, 6) is 0.597. The summed E-state index contributed by atoms with van der Waals surface area (Å²) < 4.78 is 20.9. The molecule has 7 nitrogen and oxygen atoms in total. The standard InChI is InChI=1S/C19H18ClNO6/c1-12(27-18(22)10-24-15-5-3-2-4-14(15)20)19(23)21-9-13-6-7-16-17(8-13)26-11-25-16/h2-8,12H,9-11H2,1H3,(H,21,23)/t12-/m1/s1. The van der Waals surface area contributed by atoms with Crippen molar-refractivity contribution in [2.24, 2.45) is 0 Å². The van der Waals surface area contributed by atoms with Crippen LogP contribution in [-0.2, 0) is 20.9 Å². The van der Waals surface area contributed by atoms with Crippen LogP contribution in [0.25, 0.3) is 0 Å². The zero-order valence-corrected chi connectivity index (χ0v) is 15.3. The van der Waals surface area contributed by atoms with Crippen LogP contribution in [0.5, 0.6) is 17.2 Å². The SMILES string of the molecule is C[C@@H](OC(=O)COc1ccccc1Cl)C(=O)NCc1ccc2c(c1)OCO2. The molecule has 1 aliphatic rings. The van der Waals surface area contributed by atoms with Crippen LogP contribution in [0.4, 0.5) is 0 Å². The number of esters is 1. The quantitative estimate of drug-likeness (QED) is 0.731. The molecule has 0 fully saturated rings. The second-order valence-corrected chi connectivity index (χ2v) is 6.16. The van der Waals surface area contributed by atoms with E-state index in [1.165, 1.54) is 6.92 Å². The average Bonchev–Trinajstić information content (AvgIpc) is 3.13. The first-order valence-electron chi connectivity index (χ1n) is 8.26. The number of para-hydroxylation sites is 1. The summed E-state index contributed by atoms with van der Waals surface area (Å²) in [6.45, 7) is 1.60. The fourth-order valence-corrected chi connectivity index (χ4v) is 2.56. The number of hydrogen-bond acceptors (Lipinski definition) is 6. The first-order valence-corrected chi connectivity index (χ1v) is 8.64. The molecule has 1 N–H and O–H groups in total. The van der Waals surface area contributed by atoms with Gasteiger partial charge in [-0.25, -0.2) is 4.79 Å². The maximum absolute atomic E-state index is 12.1. The topological polar surface area (TPSA) is 83.1 Å². The highest BCUT2D eigenvalue weighted by atomic mass is 35.5. The van der Waals surface area contributed by atoms with Crippen molar-refractivity contribution in [3.63, 3.8) is 0 Å². The normalized spacial score (nSPS) is 13.0. The molecular formula is C19H18ClNO6. The van der Waals surface area contributed by atoms with Gasteiger partial charge in [0.2, 0.25) is 6.79 Å². The first kappa shape index (κ1) is 18.8. The molecule has 0 spiro atoms. The van der Waals surface area contributed by atoms with Gasteiger partial charge >= 0.3 is 5.97 Å². The largest absolute Gasteiger partial charge is 0.480 e. The van der Waals surface area contributed by atoms with E-state index in [0.717, 1.165) is 5.56 Å². The van der Waals surface area contributed by atoms with Crippen LogP contribution in [-0.4, -0.2) is 31.4 Å². The number of amides is 1. The summed E-state index contributed by atoms with van der Waals surface area (Å²) in [6, 6.07) is 12.2. The van der Waals surface area contributed by atoms with Gasteiger partial charge in [-0.1, -0.05) is 29.8 Å². The van der Waals surface area contributed by atoms with Crippen molar-refractivity contribution in [3.8, 4) is 17.2 Å². The zero-order valence-electron chi connectivity index (χ0n) is 14.6. The predicted octanol–water partition coefficient (Wildman–Crippen LogP) is 2.70. The van der Waals surface area contributed by atoms with Crippen LogP contribution < -0.4 is 19.5 Å². The third-order valence-corrected chi connectivity index (χ3v) is 4.08. The van der Waals surface area contributed by atoms with Gasteiger partial charge in [0.1, 0.15) is 5.75 Å². The molecule has 1 atom stereocenters. The maximum Gasteiger partial charge on any atom is 0.344 e. The van der Waals surface area contributed by atoms with E-state index in [9.17, 15) is 9.59 Å². The molecule has 27 heavy (non-hydrogen) atoms. The number of carbonyl (C=O) groups is 2. The minimum absolute atomic E-state index is 0.189. The van der Waals surface area contributed by atoms with Gasteiger partial charge in [0.15, 0.2) is 24.2 Å². The molecule has 0 radical (unpaired) electrons. The molecular weight excluding hydrogens is 374 g/mol. The second kappa shape index (κ2) is 8.64. The lowest BCUT2D eigenvalue weighted by atomic mass is 10.2. The van der Waals surface area contributed by atoms with Crippen LogP contribution in [0.3, 0.4) is 0 Å². The Kier molecular flexibility index (Phi) is 6.03. The van der Waals surface area contributed by atoms with Gasteiger partial charge in [0.05, 0.1) is 5.02 Å². The van der Waals surface area contributed by atoms with Gasteiger partial charge in [-0.05, 0) is 36.8 Å². The number of rotatable bonds is 7. The fraction of sp³-hybridized carbons (Fsp3) is 0.263. The molecule has 2 aromatic carbocycles. The minimum Gasteiger partial charge on any atom is -0.480 e. The summed E-state index contributed by atoms with van der Waals surface area (Å²) in [4.78, 5) is 24.0. The lowest BCUT2D eigenvalue weighted by molar-refractivity contribution is -0.156. The van der Waals surface area contributed by atoms with Crippen LogP contribution in [0.15, 0.2) is 42.5 Å². The van der Waals surface area contributed by atoms with Crippen molar-refractivity contribution in [3.05, 3.63) is 53.1 Å². The highest BCUT2D eigenvalue weighted by molar-refractivity contribution is 6.32. The predicted molar refractivity (Wildman–Crippen MR) is 96.9 cm³/mol. The lowest BCUT2D eigenvalue weighted by Gasteiger charge is -2.14. The van der Waals surface area contributed by atoms with Crippen LogP contribution in [0, 0.1) is 0 Å². The smallest absolute Gasteiger partial charge is 0.344 e. The summed E-state index contributed by atoms with van der Waals surface area (Å²) in [5, 5.41) is 3.09. The van der Waals surface area contributed by atoms with Crippen LogP contribution in [0.2, 0.25) is 5.02 Å². The number of halogens is 1. The van der Waals surface area contributed by atoms with E-state index in [1.807, 2.05) is 6.07 Å². The number of carbonyl (C=O) groups excluding carboxylic acids is 2. The molecule has 0 bridgehead atoms. The van der Waals surface area contributed by atoms with E-state index in [-0.39, 0.29) is 19.9 Å².